The second kappa shape index (κ2) is 7.78. The van der Waals surface area contributed by atoms with E-state index in [1.54, 1.807) is 0 Å². The summed E-state index contributed by atoms with van der Waals surface area (Å²) >= 11 is 0. The van der Waals surface area contributed by atoms with Crippen molar-refractivity contribution < 1.29 is 4.79 Å². The first kappa shape index (κ1) is 15.5. The SMILES string of the molecule is CCCC(CCC)C(=O)N(C)C1CCC(N)CC1. The topological polar surface area (TPSA) is 46.3 Å². The molecule has 0 saturated heterocycles. The minimum absolute atomic E-state index is 0.237. The Kier molecular flexibility index (Phi) is 6.69. The summed E-state index contributed by atoms with van der Waals surface area (Å²) in [6.45, 7) is 4.32. The summed E-state index contributed by atoms with van der Waals surface area (Å²) in [6, 6.07) is 0.778. The molecule has 1 amide bonds. The number of nitrogens with two attached hydrogens (primary N) is 1. The number of nitrogens with zero attached hydrogens (tertiary/aromatic N) is 1. The van der Waals surface area contributed by atoms with Crippen molar-refractivity contribution in [3.63, 3.8) is 0 Å². The van der Waals surface area contributed by atoms with Gasteiger partial charge in [-0.1, -0.05) is 26.7 Å². The molecule has 18 heavy (non-hydrogen) atoms. The first-order valence-electron chi connectivity index (χ1n) is 7.62. The molecule has 0 radical (unpaired) electrons. The van der Waals surface area contributed by atoms with Gasteiger partial charge in [-0.25, -0.2) is 0 Å². The van der Waals surface area contributed by atoms with Crippen LogP contribution in [0.5, 0.6) is 0 Å². The zero-order valence-electron chi connectivity index (χ0n) is 12.3. The highest BCUT2D eigenvalue weighted by atomic mass is 16.2. The zero-order chi connectivity index (χ0) is 13.5. The Morgan fingerprint density at radius 3 is 2.11 bits per heavy atom. The number of carbonyl (C=O) groups excluding carboxylic acids is 1. The highest BCUT2D eigenvalue weighted by Gasteiger charge is 2.28. The van der Waals surface area contributed by atoms with Gasteiger partial charge in [0.2, 0.25) is 5.91 Å². The highest BCUT2D eigenvalue weighted by molar-refractivity contribution is 5.78. The standard InChI is InChI=1S/C15H30N2O/c1-4-6-12(7-5-2)15(18)17(3)14-10-8-13(16)9-11-14/h12-14H,4-11,16H2,1-3H3. The van der Waals surface area contributed by atoms with E-state index in [4.69, 9.17) is 5.73 Å². The lowest BCUT2D eigenvalue weighted by Gasteiger charge is -2.35. The summed E-state index contributed by atoms with van der Waals surface area (Å²) < 4.78 is 0. The van der Waals surface area contributed by atoms with Gasteiger partial charge in [-0.05, 0) is 38.5 Å². The van der Waals surface area contributed by atoms with Crippen molar-refractivity contribution in [2.75, 3.05) is 7.05 Å². The number of hydrogen-bond acceptors (Lipinski definition) is 2. The molecular weight excluding hydrogens is 224 g/mol. The molecule has 0 aliphatic heterocycles. The van der Waals surface area contributed by atoms with Gasteiger partial charge >= 0.3 is 0 Å². The van der Waals surface area contributed by atoms with E-state index in [9.17, 15) is 4.79 Å². The van der Waals surface area contributed by atoms with Crippen molar-refractivity contribution in [3.8, 4) is 0 Å². The molecule has 1 fully saturated rings. The molecule has 0 aromatic heterocycles. The zero-order valence-corrected chi connectivity index (χ0v) is 12.3. The van der Waals surface area contributed by atoms with Crippen molar-refractivity contribution in [1.29, 1.82) is 0 Å². The molecule has 0 spiro atoms. The van der Waals surface area contributed by atoms with Gasteiger partial charge in [-0.15, -0.1) is 0 Å². The van der Waals surface area contributed by atoms with Crippen molar-refractivity contribution in [3.05, 3.63) is 0 Å². The molecule has 0 bridgehead atoms. The van der Waals surface area contributed by atoms with Crippen molar-refractivity contribution in [2.45, 2.75) is 77.3 Å². The van der Waals surface area contributed by atoms with Crippen LogP contribution in [0.3, 0.4) is 0 Å². The third-order valence-corrected chi connectivity index (χ3v) is 4.26. The van der Waals surface area contributed by atoms with E-state index in [0.29, 0.717) is 18.0 Å². The monoisotopic (exact) mass is 254 g/mol. The van der Waals surface area contributed by atoms with Crippen LogP contribution < -0.4 is 5.73 Å². The molecule has 106 valence electrons. The third-order valence-electron chi connectivity index (χ3n) is 4.26. The largest absolute Gasteiger partial charge is 0.343 e. The van der Waals surface area contributed by atoms with Gasteiger partial charge in [0.05, 0.1) is 0 Å². The molecule has 0 heterocycles. The van der Waals surface area contributed by atoms with E-state index in [1.807, 2.05) is 11.9 Å². The first-order valence-corrected chi connectivity index (χ1v) is 7.62. The van der Waals surface area contributed by atoms with E-state index < -0.39 is 0 Å². The second-order valence-corrected chi connectivity index (χ2v) is 5.79. The minimum atomic E-state index is 0.237. The molecular formula is C15H30N2O. The Morgan fingerprint density at radius 1 is 1.17 bits per heavy atom. The van der Waals surface area contributed by atoms with E-state index in [0.717, 1.165) is 51.4 Å². The summed E-state index contributed by atoms with van der Waals surface area (Å²) in [4.78, 5) is 14.5. The number of carbonyl (C=O) groups is 1. The molecule has 1 rings (SSSR count). The highest BCUT2D eigenvalue weighted by Crippen LogP contribution is 2.24. The molecule has 0 aromatic carbocycles. The molecule has 1 saturated carbocycles. The van der Waals surface area contributed by atoms with Gasteiger partial charge in [0.25, 0.3) is 0 Å². The molecule has 2 N–H and O–H groups in total. The average molecular weight is 254 g/mol. The van der Waals surface area contributed by atoms with E-state index in [2.05, 4.69) is 13.8 Å². The fraction of sp³-hybridized carbons (Fsp3) is 0.933. The van der Waals surface area contributed by atoms with Crippen LogP contribution in [0.4, 0.5) is 0 Å². The van der Waals surface area contributed by atoms with Gasteiger partial charge < -0.3 is 10.6 Å². The van der Waals surface area contributed by atoms with Crippen LogP contribution in [-0.2, 0) is 4.79 Å². The van der Waals surface area contributed by atoms with Crippen LogP contribution in [0.25, 0.3) is 0 Å². The van der Waals surface area contributed by atoms with Crippen molar-refractivity contribution in [1.82, 2.24) is 4.90 Å². The minimum Gasteiger partial charge on any atom is -0.343 e. The van der Waals surface area contributed by atoms with E-state index in [-0.39, 0.29) is 5.92 Å². The summed E-state index contributed by atoms with van der Waals surface area (Å²) in [7, 11) is 1.99. The molecule has 0 aromatic rings. The van der Waals surface area contributed by atoms with Crippen LogP contribution in [0.1, 0.15) is 65.2 Å². The fourth-order valence-corrected chi connectivity index (χ4v) is 3.05. The van der Waals surface area contributed by atoms with Gasteiger partial charge in [-0.2, -0.15) is 0 Å². The Balaban J connectivity index is 2.52. The number of amides is 1. The van der Waals surface area contributed by atoms with Gasteiger partial charge in [0.1, 0.15) is 0 Å². The molecule has 1 aliphatic carbocycles. The normalized spacial score (nSPS) is 24.3. The van der Waals surface area contributed by atoms with Gasteiger partial charge in [0, 0.05) is 25.0 Å². The quantitative estimate of drug-likeness (QED) is 0.792. The Bertz CT molecular complexity index is 241. The van der Waals surface area contributed by atoms with Crippen LogP contribution in [0.15, 0.2) is 0 Å². The van der Waals surface area contributed by atoms with Crippen molar-refractivity contribution in [2.24, 2.45) is 11.7 Å². The molecule has 1 aliphatic rings. The van der Waals surface area contributed by atoms with Crippen LogP contribution in [-0.4, -0.2) is 29.9 Å². The summed E-state index contributed by atoms with van der Waals surface area (Å²) in [6.07, 6.45) is 8.54. The molecule has 3 nitrogen and oxygen atoms in total. The smallest absolute Gasteiger partial charge is 0.225 e. The number of rotatable bonds is 6. The lowest BCUT2D eigenvalue weighted by molar-refractivity contribution is -0.137. The maximum Gasteiger partial charge on any atom is 0.225 e. The van der Waals surface area contributed by atoms with Gasteiger partial charge in [-0.3, -0.25) is 4.79 Å². The van der Waals surface area contributed by atoms with E-state index >= 15 is 0 Å². The average Bonchev–Trinajstić information content (AvgIpc) is 2.38. The lowest BCUT2D eigenvalue weighted by Crippen LogP contribution is -2.44. The maximum absolute atomic E-state index is 12.5. The molecule has 0 unspecified atom stereocenters. The van der Waals surface area contributed by atoms with E-state index in [1.165, 1.54) is 0 Å². The Hall–Kier alpha value is -0.570. The summed E-state index contributed by atoms with van der Waals surface area (Å²) in [5, 5.41) is 0. The third kappa shape index (κ3) is 4.27. The Labute approximate surface area is 112 Å². The molecule has 3 heteroatoms. The predicted octanol–water partition coefficient (Wildman–Crippen LogP) is 2.93. The van der Waals surface area contributed by atoms with Crippen LogP contribution in [0, 0.1) is 5.92 Å². The molecule has 0 atom stereocenters. The second-order valence-electron chi connectivity index (χ2n) is 5.79. The van der Waals surface area contributed by atoms with Gasteiger partial charge in [0.15, 0.2) is 0 Å². The fourth-order valence-electron chi connectivity index (χ4n) is 3.05. The van der Waals surface area contributed by atoms with Crippen molar-refractivity contribution >= 4 is 5.91 Å². The Morgan fingerprint density at radius 2 is 1.67 bits per heavy atom. The maximum atomic E-state index is 12.5. The lowest BCUT2D eigenvalue weighted by atomic mass is 9.89. The summed E-state index contributed by atoms with van der Waals surface area (Å²) in [5.41, 5.74) is 5.92. The number of hydrogen-bond donors (Lipinski definition) is 1. The first-order chi connectivity index (χ1) is 8.60. The summed E-state index contributed by atoms with van der Waals surface area (Å²) in [5.74, 6) is 0.597. The van der Waals surface area contributed by atoms with Crippen LogP contribution >= 0.6 is 0 Å². The van der Waals surface area contributed by atoms with Crippen LogP contribution in [0.2, 0.25) is 0 Å². The predicted molar refractivity (Wildman–Crippen MR) is 76.3 cm³/mol.